The molecule has 0 aliphatic heterocycles. The molecule has 4 N–H and O–H groups in total. The van der Waals surface area contributed by atoms with Gasteiger partial charge in [0.1, 0.15) is 0 Å². The molecule has 0 heterocycles. The van der Waals surface area contributed by atoms with E-state index in [2.05, 4.69) is 37.5 Å². The van der Waals surface area contributed by atoms with E-state index in [1.54, 1.807) is 6.08 Å². The van der Waals surface area contributed by atoms with Crippen molar-refractivity contribution in [2.45, 2.75) is 341 Å². The minimum Gasteiger partial charge on any atom is -0.392 e. The first kappa shape index (κ1) is 74.5. The minimum atomic E-state index is -0.446. The number of aliphatic hydroxyl groups excluding tert-OH is 4. The monoisotopic (exact) mass is 1100 g/mol. The van der Waals surface area contributed by atoms with Gasteiger partial charge in [-0.25, -0.2) is 0 Å². The number of hydrogen-bond acceptors (Lipinski definition) is 10. The molecule has 0 rings (SSSR count). The van der Waals surface area contributed by atoms with Crippen LogP contribution in [0.2, 0.25) is 0 Å². The van der Waals surface area contributed by atoms with E-state index >= 15 is 0 Å². The molecule has 0 radical (unpaired) electrons. The van der Waals surface area contributed by atoms with Crippen molar-refractivity contribution >= 4 is 33.8 Å². The molecule has 0 aliphatic carbocycles. The molecule has 4 atom stereocenters. The summed E-state index contributed by atoms with van der Waals surface area (Å²) < 4.78 is 0. The SMILES string of the molecule is CCCCCCCCCCCCC(O)CN(CCSC(=O)/C=C/CC(=O)SCCN(CC(O)CCCCCCCCCCCC)CC(O)CCCCCCCCCCCC)CC(O)CCCCCCCCCCCC. The molecule has 0 fully saturated rings. The Kier molecular flexibility index (Phi) is 59.3. The van der Waals surface area contributed by atoms with Gasteiger partial charge in [-0.1, -0.05) is 314 Å². The van der Waals surface area contributed by atoms with Crippen LogP contribution in [0, 0.1) is 0 Å². The lowest BCUT2D eigenvalue weighted by molar-refractivity contribution is -0.110. The summed E-state index contributed by atoms with van der Waals surface area (Å²) in [6.45, 7) is 12.3. The molecule has 75 heavy (non-hydrogen) atoms. The highest BCUT2D eigenvalue weighted by Gasteiger charge is 2.18. The second kappa shape index (κ2) is 59.7. The molecule has 0 aromatic rings. The van der Waals surface area contributed by atoms with Crippen LogP contribution >= 0.6 is 23.5 Å². The molecule has 10 heteroatoms. The Hall–Kier alpha value is -0.460. The lowest BCUT2D eigenvalue weighted by atomic mass is 10.0. The Morgan fingerprint density at radius 2 is 0.573 bits per heavy atom. The molecule has 0 aliphatic rings. The summed E-state index contributed by atoms with van der Waals surface area (Å²) in [6, 6.07) is 0. The normalized spacial score (nSPS) is 13.7. The summed E-state index contributed by atoms with van der Waals surface area (Å²) in [5.41, 5.74) is 0. The highest BCUT2D eigenvalue weighted by molar-refractivity contribution is 8.14. The number of aliphatic hydroxyl groups is 4. The predicted octanol–water partition coefficient (Wildman–Crippen LogP) is 17.7. The maximum atomic E-state index is 13.0. The smallest absolute Gasteiger partial charge is 0.211 e. The summed E-state index contributed by atoms with van der Waals surface area (Å²) in [4.78, 5) is 30.2. The number of unbranched alkanes of at least 4 members (excludes halogenated alkanes) is 36. The second-order valence-corrected chi connectivity index (χ2v) is 25.3. The molecule has 8 nitrogen and oxygen atoms in total. The lowest BCUT2D eigenvalue weighted by Gasteiger charge is -2.27. The van der Waals surface area contributed by atoms with Gasteiger partial charge in [-0.3, -0.25) is 19.4 Å². The van der Waals surface area contributed by atoms with E-state index in [0.717, 1.165) is 77.0 Å². The predicted molar refractivity (Wildman–Crippen MR) is 331 cm³/mol. The van der Waals surface area contributed by atoms with Gasteiger partial charge in [0.2, 0.25) is 5.12 Å². The fourth-order valence-electron chi connectivity index (χ4n) is 10.5. The summed E-state index contributed by atoms with van der Waals surface area (Å²) in [5.74, 6) is 1.14. The maximum Gasteiger partial charge on any atom is 0.211 e. The molecule has 0 amide bonds. The van der Waals surface area contributed by atoms with Gasteiger partial charge in [0.05, 0.1) is 24.4 Å². The molecule has 0 aromatic heterocycles. The van der Waals surface area contributed by atoms with Crippen LogP contribution in [0.3, 0.4) is 0 Å². The molecule has 446 valence electrons. The van der Waals surface area contributed by atoms with Crippen molar-refractivity contribution in [3.05, 3.63) is 12.2 Å². The number of rotatable bonds is 61. The van der Waals surface area contributed by atoms with Gasteiger partial charge in [-0.05, 0) is 31.8 Å². The third-order valence-electron chi connectivity index (χ3n) is 15.3. The number of nitrogens with zero attached hydrogens (tertiary/aromatic N) is 2. The van der Waals surface area contributed by atoms with Crippen molar-refractivity contribution < 1.29 is 30.0 Å². The average Bonchev–Trinajstić information content (AvgIpc) is 3.38. The summed E-state index contributed by atoms with van der Waals surface area (Å²) >= 11 is 2.51. The van der Waals surface area contributed by atoms with Crippen LogP contribution < -0.4 is 0 Å². The van der Waals surface area contributed by atoms with Gasteiger partial charge in [0.15, 0.2) is 5.12 Å². The van der Waals surface area contributed by atoms with Gasteiger partial charge in [0, 0.05) is 57.2 Å². The zero-order chi connectivity index (χ0) is 54.9. The first-order valence-corrected chi connectivity index (χ1v) is 34.8. The summed E-state index contributed by atoms with van der Waals surface area (Å²) in [6.07, 6.45) is 55.4. The Morgan fingerprint density at radius 1 is 0.347 bits per heavy atom. The fourth-order valence-corrected chi connectivity index (χ4v) is 12.0. The summed E-state index contributed by atoms with van der Waals surface area (Å²) in [5, 5.41) is 44.2. The highest BCUT2D eigenvalue weighted by atomic mass is 32.2. The Labute approximate surface area is 475 Å². The Morgan fingerprint density at radius 3 is 0.827 bits per heavy atom. The Bertz CT molecular complexity index is 1150. The third kappa shape index (κ3) is 56.6. The van der Waals surface area contributed by atoms with Crippen LogP contribution in [0.25, 0.3) is 0 Å². The van der Waals surface area contributed by atoms with Crippen LogP contribution in [0.5, 0.6) is 0 Å². The minimum absolute atomic E-state index is 0.0137. The third-order valence-corrected chi connectivity index (χ3v) is 17.0. The highest BCUT2D eigenvalue weighted by Crippen LogP contribution is 2.19. The van der Waals surface area contributed by atoms with Crippen molar-refractivity contribution in [3.63, 3.8) is 0 Å². The zero-order valence-electron chi connectivity index (χ0n) is 50.3. The van der Waals surface area contributed by atoms with Gasteiger partial charge in [-0.15, -0.1) is 0 Å². The number of thioether (sulfide) groups is 2. The van der Waals surface area contributed by atoms with Gasteiger partial charge >= 0.3 is 0 Å². The van der Waals surface area contributed by atoms with E-state index in [1.165, 1.54) is 235 Å². The van der Waals surface area contributed by atoms with Crippen LogP contribution in [-0.4, -0.2) is 116 Å². The second-order valence-electron chi connectivity index (χ2n) is 23.0. The van der Waals surface area contributed by atoms with Crippen LogP contribution in [0.4, 0.5) is 0 Å². The van der Waals surface area contributed by atoms with Crippen molar-refractivity contribution in [2.24, 2.45) is 0 Å². The van der Waals surface area contributed by atoms with Gasteiger partial charge in [0.25, 0.3) is 0 Å². The first-order chi connectivity index (χ1) is 36.6. The number of allylic oxidation sites excluding steroid dienone is 1. The molecule has 4 unspecified atom stereocenters. The standard InChI is InChI=1S/C65H128N2O6S2/c1-5-9-13-17-21-25-29-33-37-41-46-60(68)56-66(57-61(69)47-42-38-34-30-26-22-18-14-10-6-2)52-54-74-64(72)50-45-51-65(73)75-55-53-67(58-62(70)48-43-39-35-31-27-23-19-15-11-7-3)59-63(71)49-44-40-36-32-28-24-20-16-12-8-4/h45,50,60-63,68-71H,5-44,46-49,51-59H2,1-4H3/b50-45+. The van der Waals surface area contributed by atoms with E-state index in [0.29, 0.717) is 50.8 Å². The lowest BCUT2D eigenvalue weighted by Crippen LogP contribution is -2.39. The molecular formula is C65H128N2O6S2. The van der Waals surface area contributed by atoms with Gasteiger partial charge < -0.3 is 20.4 Å². The first-order valence-electron chi connectivity index (χ1n) is 32.8. The Balaban J connectivity index is 4.99. The molecular weight excluding hydrogens is 969 g/mol. The quantitative estimate of drug-likeness (QED) is 0.0346. The van der Waals surface area contributed by atoms with Gasteiger partial charge in [-0.2, -0.15) is 0 Å². The van der Waals surface area contributed by atoms with E-state index in [-0.39, 0.29) is 16.7 Å². The van der Waals surface area contributed by atoms with Crippen molar-refractivity contribution in [1.29, 1.82) is 0 Å². The van der Waals surface area contributed by atoms with Crippen molar-refractivity contribution in [1.82, 2.24) is 9.80 Å². The molecule has 0 bridgehead atoms. The zero-order valence-corrected chi connectivity index (χ0v) is 51.9. The van der Waals surface area contributed by atoms with Crippen LogP contribution in [0.15, 0.2) is 12.2 Å². The summed E-state index contributed by atoms with van der Waals surface area (Å²) in [7, 11) is 0. The number of carbonyl (C=O) groups is 2. The molecule has 0 saturated heterocycles. The molecule has 0 saturated carbocycles. The average molecular weight is 1100 g/mol. The maximum absolute atomic E-state index is 13.0. The van der Waals surface area contributed by atoms with Crippen molar-refractivity contribution in [2.75, 3.05) is 50.8 Å². The van der Waals surface area contributed by atoms with Crippen LogP contribution in [-0.2, 0) is 9.59 Å². The topological polar surface area (TPSA) is 122 Å². The molecule has 0 aromatic carbocycles. The van der Waals surface area contributed by atoms with E-state index in [1.807, 2.05) is 0 Å². The van der Waals surface area contributed by atoms with Crippen molar-refractivity contribution in [3.8, 4) is 0 Å². The van der Waals surface area contributed by atoms with E-state index in [4.69, 9.17) is 0 Å². The number of carbonyl (C=O) groups excluding carboxylic acids is 2. The number of hydrogen-bond donors (Lipinski definition) is 4. The molecule has 0 spiro atoms. The van der Waals surface area contributed by atoms with E-state index in [9.17, 15) is 30.0 Å². The van der Waals surface area contributed by atoms with E-state index < -0.39 is 24.4 Å². The largest absolute Gasteiger partial charge is 0.392 e. The fraction of sp³-hybridized carbons (Fsp3) is 0.938. The van der Waals surface area contributed by atoms with Crippen LogP contribution in [0.1, 0.15) is 317 Å².